The van der Waals surface area contributed by atoms with E-state index < -0.39 is 0 Å². The third-order valence-corrected chi connectivity index (χ3v) is 4.83. The van der Waals surface area contributed by atoms with Gasteiger partial charge in [-0.3, -0.25) is 0 Å². The molecule has 0 bridgehead atoms. The Bertz CT molecular complexity index is 546. The summed E-state index contributed by atoms with van der Waals surface area (Å²) in [5.41, 5.74) is 2.63. The number of methoxy groups -OCH3 is 1. The van der Waals surface area contributed by atoms with Gasteiger partial charge in [0, 0.05) is 22.8 Å². The summed E-state index contributed by atoms with van der Waals surface area (Å²) < 4.78 is 6.22. The fourth-order valence-corrected chi connectivity index (χ4v) is 3.50. The molecule has 2 nitrogen and oxygen atoms in total. The second kappa shape index (κ2) is 6.55. The molecule has 1 aromatic heterocycles. The highest BCUT2D eigenvalue weighted by Gasteiger charge is 2.03. The van der Waals surface area contributed by atoms with Crippen molar-refractivity contribution in [1.29, 1.82) is 0 Å². The Kier molecular flexibility index (Phi) is 5.02. The lowest BCUT2D eigenvalue weighted by molar-refractivity contribution is 0.412. The molecule has 0 spiro atoms. The van der Waals surface area contributed by atoms with Crippen LogP contribution >= 0.6 is 27.3 Å². The molecule has 0 atom stereocenters. The van der Waals surface area contributed by atoms with Gasteiger partial charge in [0.1, 0.15) is 5.75 Å². The number of aryl methyl sites for hydroxylation is 2. The Morgan fingerprint density at radius 1 is 1.21 bits per heavy atom. The molecule has 0 aliphatic carbocycles. The normalized spacial score (nSPS) is 10.7. The number of hydrogen-bond donors (Lipinski definition) is 1. The van der Waals surface area contributed by atoms with Gasteiger partial charge in [0.25, 0.3) is 0 Å². The van der Waals surface area contributed by atoms with Crippen molar-refractivity contribution in [1.82, 2.24) is 5.32 Å². The fourth-order valence-electron chi connectivity index (χ4n) is 1.89. The molecule has 2 aromatic rings. The lowest BCUT2D eigenvalue weighted by Crippen LogP contribution is -2.11. The molecule has 19 heavy (non-hydrogen) atoms. The molecule has 0 fully saturated rings. The molecule has 1 aromatic carbocycles. The van der Waals surface area contributed by atoms with Gasteiger partial charge in [-0.1, -0.05) is 6.07 Å². The van der Waals surface area contributed by atoms with E-state index in [1.54, 1.807) is 7.11 Å². The molecule has 2 rings (SSSR count). The Labute approximate surface area is 126 Å². The zero-order chi connectivity index (χ0) is 13.8. The monoisotopic (exact) mass is 339 g/mol. The molecule has 0 unspecified atom stereocenters. The Morgan fingerprint density at radius 3 is 2.58 bits per heavy atom. The van der Waals surface area contributed by atoms with E-state index >= 15 is 0 Å². The third-order valence-electron chi connectivity index (χ3n) is 3.06. The molecule has 0 saturated carbocycles. The zero-order valence-electron chi connectivity index (χ0n) is 11.4. The van der Waals surface area contributed by atoms with Gasteiger partial charge in [0.2, 0.25) is 0 Å². The predicted octanol–water partition coefficient (Wildman–Crippen LogP) is 4.43. The summed E-state index contributed by atoms with van der Waals surface area (Å²) in [6.07, 6.45) is 0. The minimum Gasteiger partial charge on any atom is -0.496 e. The smallest absolute Gasteiger partial charge is 0.133 e. The summed E-state index contributed by atoms with van der Waals surface area (Å²) in [5, 5.41) is 3.47. The van der Waals surface area contributed by atoms with Gasteiger partial charge in [-0.25, -0.2) is 0 Å². The molecule has 0 aliphatic heterocycles. The lowest BCUT2D eigenvalue weighted by atomic mass is 10.2. The van der Waals surface area contributed by atoms with Crippen LogP contribution in [0.25, 0.3) is 0 Å². The zero-order valence-corrected chi connectivity index (χ0v) is 13.8. The SMILES string of the molecule is COc1ccc(CNCc2cc(C)c(C)s2)cc1Br. The van der Waals surface area contributed by atoms with Crippen molar-refractivity contribution >= 4 is 27.3 Å². The third kappa shape index (κ3) is 3.81. The maximum absolute atomic E-state index is 5.22. The van der Waals surface area contributed by atoms with E-state index in [2.05, 4.69) is 53.3 Å². The molecular weight excluding hydrogens is 322 g/mol. The van der Waals surface area contributed by atoms with Crippen LogP contribution in [0.4, 0.5) is 0 Å². The average Bonchev–Trinajstić information content (AvgIpc) is 2.69. The average molecular weight is 340 g/mol. The number of rotatable bonds is 5. The van der Waals surface area contributed by atoms with Crippen molar-refractivity contribution < 1.29 is 4.74 Å². The van der Waals surface area contributed by atoms with E-state index in [1.165, 1.54) is 20.9 Å². The number of halogens is 1. The summed E-state index contributed by atoms with van der Waals surface area (Å²) in [5.74, 6) is 0.869. The second-order valence-electron chi connectivity index (χ2n) is 4.52. The van der Waals surface area contributed by atoms with Gasteiger partial charge in [0.05, 0.1) is 11.6 Å². The molecule has 102 valence electrons. The largest absolute Gasteiger partial charge is 0.496 e. The van der Waals surface area contributed by atoms with Crippen molar-refractivity contribution in [2.45, 2.75) is 26.9 Å². The van der Waals surface area contributed by atoms with Crippen LogP contribution in [0.2, 0.25) is 0 Å². The van der Waals surface area contributed by atoms with Crippen molar-refractivity contribution in [3.05, 3.63) is 49.6 Å². The standard InChI is InChI=1S/C15H18BrNOS/c1-10-6-13(19-11(10)2)9-17-8-12-4-5-15(18-3)14(16)7-12/h4-7,17H,8-9H2,1-3H3. The van der Waals surface area contributed by atoms with Crippen LogP contribution in [0.15, 0.2) is 28.7 Å². The van der Waals surface area contributed by atoms with E-state index in [1.807, 2.05) is 17.4 Å². The number of thiophene rings is 1. The molecule has 4 heteroatoms. The van der Waals surface area contributed by atoms with Gasteiger partial charge in [0.15, 0.2) is 0 Å². The summed E-state index contributed by atoms with van der Waals surface area (Å²) in [6.45, 7) is 6.11. The first-order chi connectivity index (χ1) is 9.10. The number of nitrogens with one attached hydrogen (secondary N) is 1. The quantitative estimate of drug-likeness (QED) is 0.870. The van der Waals surface area contributed by atoms with Crippen LogP contribution in [0.3, 0.4) is 0 Å². The van der Waals surface area contributed by atoms with Crippen LogP contribution in [0.1, 0.15) is 20.9 Å². The topological polar surface area (TPSA) is 21.3 Å². The first kappa shape index (κ1) is 14.6. The van der Waals surface area contributed by atoms with Gasteiger partial charge in [-0.15, -0.1) is 11.3 Å². The van der Waals surface area contributed by atoms with Gasteiger partial charge in [-0.2, -0.15) is 0 Å². The molecule has 0 radical (unpaired) electrons. The Hall–Kier alpha value is -0.840. The molecular formula is C15H18BrNOS. The highest BCUT2D eigenvalue weighted by atomic mass is 79.9. The van der Waals surface area contributed by atoms with Gasteiger partial charge >= 0.3 is 0 Å². The lowest BCUT2D eigenvalue weighted by Gasteiger charge is -2.07. The van der Waals surface area contributed by atoms with Crippen molar-refractivity contribution in [2.24, 2.45) is 0 Å². The minimum atomic E-state index is 0.860. The Balaban J connectivity index is 1.90. The summed E-state index contributed by atoms with van der Waals surface area (Å²) in [7, 11) is 1.68. The Morgan fingerprint density at radius 2 is 2.00 bits per heavy atom. The van der Waals surface area contributed by atoms with E-state index in [0.717, 1.165) is 23.3 Å². The first-order valence-corrected chi connectivity index (χ1v) is 7.80. The van der Waals surface area contributed by atoms with Crippen LogP contribution < -0.4 is 10.1 Å². The number of benzene rings is 1. The van der Waals surface area contributed by atoms with E-state index in [4.69, 9.17) is 4.74 Å². The highest BCUT2D eigenvalue weighted by molar-refractivity contribution is 9.10. The predicted molar refractivity (Wildman–Crippen MR) is 85.0 cm³/mol. The van der Waals surface area contributed by atoms with Crippen molar-refractivity contribution in [2.75, 3.05) is 7.11 Å². The van der Waals surface area contributed by atoms with E-state index in [-0.39, 0.29) is 0 Å². The molecule has 1 heterocycles. The molecule has 0 saturated heterocycles. The highest BCUT2D eigenvalue weighted by Crippen LogP contribution is 2.25. The van der Waals surface area contributed by atoms with E-state index in [0.29, 0.717) is 0 Å². The first-order valence-electron chi connectivity index (χ1n) is 6.19. The second-order valence-corrected chi connectivity index (χ2v) is 6.72. The van der Waals surface area contributed by atoms with Gasteiger partial charge < -0.3 is 10.1 Å². The van der Waals surface area contributed by atoms with Crippen LogP contribution in [-0.2, 0) is 13.1 Å². The summed E-state index contributed by atoms with van der Waals surface area (Å²) >= 11 is 5.37. The minimum absolute atomic E-state index is 0.860. The van der Waals surface area contributed by atoms with Crippen molar-refractivity contribution in [3.8, 4) is 5.75 Å². The number of hydrogen-bond acceptors (Lipinski definition) is 3. The fraction of sp³-hybridized carbons (Fsp3) is 0.333. The molecule has 0 aliphatic rings. The maximum Gasteiger partial charge on any atom is 0.133 e. The van der Waals surface area contributed by atoms with Gasteiger partial charge in [-0.05, 0) is 59.1 Å². The summed E-state index contributed by atoms with van der Waals surface area (Å²) in [4.78, 5) is 2.80. The van der Waals surface area contributed by atoms with E-state index in [9.17, 15) is 0 Å². The maximum atomic E-state index is 5.22. The number of ether oxygens (including phenoxy) is 1. The van der Waals surface area contributed by atoms with Crippen LogP contribution in [0, 0.1) is 13.8 Å². The summed E-state index contributed by atoms with van der Waals surface area (Å²) in [6, 6.07) is 8.43. The molecule has 1 N–H and O–H groups in total. The van der Waals surface area contributed by atoms with Crippen LogP contribution in [-0.4, -0.2) is 7.11 Å². The van der Waals surface area contributed by atoms with Crippen molar-refractivity contribution in [3.63, 3.8) is 0 Å². The van der Waals surface area contributed by atoms with Crippen LogP contribution in [0.5, 0.6) is 5.75 Å². The molecule has 0 amide bonds.